The van der Waals surface area contributed by atoms with E-state index in [0.717, 1.165) is 5.56 Å². The number of aryl methyl sites for hydroxylation is 1. The lowest BCUT2D eigenvalue weighted by Gasteiger charge is -2.33. The van der Waals surface area contributed by atoms with Crippen LogP contribution in [0.4, 0.5) is 5.82 Å². The number of carbonyl (C=O) groups is 2. The lowest BCUT2D eigenvalue weighted by Crippen LogP contribution is -2.41. The quantitative estimate of drug-likeness (QED) is 0.268. The van der Waals surface area contributed by atoms with Gasteiger partial charge < -0.3 is 19.7 Å². The Bertz CT molecular complexity index is 1200. The number of anilines is 1. The number of amides is 1. The van der Waals surface area contributed by atoms with E-state index in [4.69, 9.17) is 14.5 Å². The molecule has 10 heteroatoms. The maximum Gasteiger partial charge on any atom is 0.310 e. The van der Waals surface area contributed by atoms with Gasteiger partial charge in [-0.05, 0) is 44.4 Å². The van der Waals surface area contributed by atoms with Gasteiger partial charge in [0.1, 0.15) is 23.1 Å². The largest absolute Gasteiger partial charge is 0.466 e. The van der Waals surface area contributed by atoms with Crippen molar-refractivity contribution in [2.75, 3.05) is 44.9 Å². The summed E-state index contributed by atoms with van der Waals surface area (Å²) in [5.41, 5.74) is 0.766. The van der Waals surface area contributed by atoms with Crippen molar-refractivity contribution in [3.63, 3.8) is 0 Å². The molecule has 3 rings (SSSR count). The maximum atomic E-state index is 13.5. The highest BCUT2D eigenvalue weighted by molar-refractivity contribution is 6.02. The van der Waals surface area contributed by atoms with E-state index >= 15 is 0 Å². The second kappa shape index (κ2) is 11.4. The Labute approximate surface area is 197 Å². The molecule has 3 heterocycles. The van der Waals surface area contributed by atoms with Crippen molar-refractivity contribution >= 4 is 29.4 Å². The summed E-state index contributed by atoms with van der Waals surface area (Å²) in [7, 11) is 1.51. The first-order valence-corrected chi connectivity index (χ1v) is 11.2. The summed E-state index contributed by atoms with van der Waals surface area (Å²) in [4.78, 5) is 45.0. The van der Waals surface area contributed by atoms with Crippen LogP contribution in [0.25, 0.3) is 11.7 Å². The van der Waals surface area contributed by atoms with Crippen LogP contribution < -0.4 is 15.8 Å². The molecule has 0 aliphatic carbocycles. The number of nitrogens with one attached hydrogen (secondary N) is 1. The van der Waals surface area contributed by atoms with Crippen LogP contribution in [0.5, 0.6) is 0 Å². The minimum atomic E-state index is -0.609. The van der Waals surface area contributed by atoms with Gasteiger partial charge >= 0.3 is 5.97 Å². The van der Waals surface area contributed by atoms with E-state index < -0.39 is 11.5 Å². The zero-order valence-corrected chi connectivity index (χ0v) is 19.7. The molecule has 0 bridgehead atoms. The van der Waals surface area contributed by atoms with Crippen LogP contribution in [0.2, 0.25) is 0 Å². The number of nitriles is 1. The molecular weight excluding hydrogens is 438 g/mol. The molecule has 0 radical (unpaired) electrons. The molecule has 2 aromatic rings. The normalized spacial score (nSPS) is 16.2. The monoisotopic (exact) mass is 467 g/mol. The van der Waals surface area contributed by atoms with Gasteiger partial charge in [0.05, 0.1) is 24.7 Å². The average Bonchev–Trinajstić information content (AvgIpc) is 2.84. The molecule has 180 valence electrons. The number of nitrogens with zero attached hydrogens (tertiary/aromatic N) is 4. The van der Waals surface area contributed by atoms with E-state index in [1.807, 2.05) is 24.0 Å². The third-order valence-corrected chi connectivity index (χ3v) is 5.65. The first-order valence-electron chi connectivity index (χ1n) is 11.2. The zero-order valence-electron chi connectivity index (χ0n) is 19.7. The lowest BCUT2D eigenvalue weighted by molar-refractivity contribution is -0.148. The van der Waals surface area contributed by atoms with Gasteiger partial charge in [-0.25, -0.2) is 4.98 Å². The van der Waals surface area contributed by atoms with E-state index in [9.17, 15) is 19.6 Å². The smallest absolute Gasteiger partial charge is 0.310 e. The van der Waals surface area contributed by atoms with E-state index in [-0.39, 0.29) is 36.2 Å². The van der Waals surface area contributed by atoms with E-state index in [2.05, 4.69) is 5.32 Å². The molecule has 1 N–H and O–H groups in total. The number of piperidine rings is 1. The zero-order chi connectivity index (χ0) is 24.7. The lowest BCUT2D eigenvalue weighted by atomic mass is 9.97. The number of esters is 1. The Morgan fingerprint density at radius 1 is 1.41 bits per heavy atom. The fraction of sp³-hybridized carbons (Fsp3) is 0.458. The molecule has 0 saturated carbocycles. The highest BCUT2D eigenvalue weighted by Crippen LogP contribution is 2.26. The Morgan fingerprint density at radius 3 is 2.91 bits per heavy atom. The molecular formula is C24H29N5O5. The van der Waals surface area contributed by atoms with Crippen molar-refractivity contribution in [2.45, 2.75) is 26.7 Å². The van der Waals surface area contributed by atoms with Gasteiger partial charge in [0.25, 0.3) is 11.5 Å². The van der Waals surface area contributed by atoms with Gasteiger partial charge in [-0.2, -0.15) is 5.26 Å². The Kier molecular flexibility index (Phi) is 8.38. The van der Waals surface area contributed by atoms with Crippen LogP contribution in [0.15, 0.2) is 28.7 Å². The van der Waals surface area contributed by atoms with Gasteiger partial charge in [0.15, 0.2) is 0 Å². The molecule has 34 heavy (non-hydrogen) atoms. The average molecular weight is 468 g/mol. The number of hydrogen-bond donors (Lipinski definition) is 1. The standard InChI is InChI=1S/C24H29N5O5/c1-4-34-24(32)17-8-6-10-28(15-17)21-19(13-18(14-25)22(30)26-9-12-33-3)23(31)29-11-5-7-16(2)20(29)27-21/h5,7,11,13,17H,4,6,8-10,12,15H2,1-3H3,(H,26,30)/b18-13+. The van der Waals surface area contributed by atoms with Crippen molar-refractivity contribution in [2.24, 2.45) is 5.92 Å². The number of rotatable bonds is 8. The number of carbonyl (C=O) groups excluding carboxylic acids is 2. The van der Waals surface area contributed by atoms with Gasteiger partial charge in [-0.3, -0.25) is 18.8 Å². The SMILES string of the molecule is CCOC(=O)C1CCCN(c2nc3c(C)cccn3c(=O)c2/C=C(\C#N)C(=O)NCCOC)C1. The van der Waals surface area contributed by atoms with Gasteiger partial charge in [0, 0.05) is 32.9 Å². The summed E-state index contributed by atoms with van der Waals surface area (Å²) >= 11 is 0. The number of fused-ring (bicyclic) bond motifs is 1. The van der Waals surface area contributed by atoms with Crippen LogP contribution in [0.3, 0.4) is 0 Å². The molecule has 1 fully saturated rings. The molecule has 10 nitrogen and oxygen atoms in total. The molecule has 1 unspecified atom stereocenters. The maximum absolute atomic E-state index is 13.5. The number of pyridine rings is 1. The van der Waals surface area contributed by atoms with Crippen molar-refractivity contribution < 1.29 is 19.1 Å². The van der Waals surface area contributed by atoms with E-state index in [1.54, 1.807) is 19.2 Å². The first kappa shape index (κ1) is 24.9. The third kappa shape index (κ3) is 5.43. The fourth-order valence-corrected chi connectivity index (χ4v) is 3.94. The van der Waals surface area contributed by atoms with E-state index in [1.165, 1.54) is 17.6 Å². The predicted octanol–water partition coefficient (Wildman–Crippen LogP) is 1.45. The number of aromatic nitrogens is 2. The molecule has 1 saturated heterocycles. The first-order chi connectivity index (χ1) is 16.4. The number of methoxy groups -OCH3 is 1. The summed E-state index contributed by atoms with van der Waals surface area (Å²) in [6.07, 6.45) is 4.26. The number of hydrogen-bond acceptors (Lipinski definition) is 8. The van der Waals surface area contributed by atoms with Gasteiger partial charge in [-0.1, -0.05) is 6.07 Å². The minimum absolute atomic E-state index is 0.117. The minimum Gasteiger partial charge on any atom is -0.466 e. The van der Waals surface area contributed by atoms with Crippen molar-refractivity contribution in [1.82, 2.24) is 14.7 Å². The van der Waals surface area contributed by atoms with Crippen LogP contribution in [-0.2, 0) is 19.1 Å². The Balaban J connectivity index is 2.11. The summed E-state index contributed by atoms with van der Waals surface area (Å²) < 4.78 is 11.5. The highest BCUT2D eigenvalue weighted by atomic mass is 16.5. The summed E-state index contributed by atoms with van der Waals surface area (Å²) in [6.45, 7) is 5.33. The second-order valence-electron chi connectivity index (χ2n) is 7.99. The van der Waals surface area contributed by atoms with E-state index in [0.29, 0.717) is 44.0 Å². The summed E-state index contributed by atoms with van der Waals surface area (Å²) in [5.74, 6) is -0.906. The highest BCUT2D eigenvalue weighted by Gasteiger charge is 2.30. The van der Waals surface area contributed by atoms with Crippen LogP contribution >= 0.6 is 0 Å². The molecule has 1 atom stereocenters. The topological polar surface area (TPSA) is 126 Å². The molecule has 1 aliphatic rings. The van der Waals surface area contributed by atoms with Crippen molar-refractivity contribution in [3.8, 4) is 6.07 Å². The van der Waals surface area contributed by atoms with Crippen LogP contribution in [0.1, 0.15) is 30.9 Å². The molecule has 1 amide bonds. The molecule has 1 aliphatic heterocycles. The molecule has 0 aromatic carbocycles. The molecule has 0 spiro atoms. The van der Waals surface area contributed by atoms with Crippen molar-refractivity contribution in [3.05, 3.63) is 45.4 Å². The fourth-order valence-electron chi connectivity index (χ4n) is 3.94. The van der Waals surface area contributed by atoms with Crippen molar-refractivity contribution in [1.29, 1.82) is 5.26 Å². The predicted molar refractivity (Wildman–Crippen MR) is 126 cm³/mol. The number of ether oxygens (including phenoxy) is 2. The van der Waals surface area contributed by atoms with Gasteiger partial charge in [-0.15, -0.1) is 0 Å². The third-order valence-electron chi connectivity index (χ3n) is 5.65. The van der Waals surface area contributed by atoms with Gasteiger partial charge in [0.2, 0.25) is 0 Å². The van der Waals surface area contributed by atoms with Crippen LogP contribution in [0, 0.1) is 24.2 Å². The Hall–Kier alpha value is -3.71. The summed E-state index contributed by atoms with van der Waals surface area (Å²) in [5, 5.41) is 12.2. The molecule has 2 aromatic heterocycles. The summed E-state index contributed by atoms with van der Waals surface area (Å²) in [6, 6.07) is 5.46. The second-order valence-corrected chi connectivity index (χ2v) is 7.99. The Morgan fingerprint density at radius 2 is 2.21 bits per heavy atom. The van der Waals surface area contributed by atoms with Crippen LogP contribution in [-0.4, -0.2) is 61.2 Å².